The molecule has 17 heavy (non-hydrogen) atoms. The number of carboxylic acid groups (broad SMARTS) is 1. The fourth-order valence-electron chi connectivity index (χ4n) is 1.75. The Morgan fingerprint density at radius 2 is 2.41 bits per heavy atom. The highest BCUT2D eigenvalue weighted by molar-refractivity contribution is 5.72. The van der Waals surface area contributed by atoms with Crippen molar-refractivity contribution in [2.75, 3.05) is 0 Å². The average Bonchev–Trinajstić information content (AvgIpc) is 2.83. The summed E-state index contributed by atoms with van der Waals surface area (Å²) in [6.07, 6.45) is 3.30. The minimum atomic E-state index is -0.920. The second-order valence-corrected chi connectivity index (χ2v) is 4.03. The predicted molar refractivity (Wildman–Crippen MR) is 54.9 cm³/mol. The summed E-state index contributed by atoms with van der Waals surface area (Å²) < 4.78 is 5.12. The van der Waals surface area contributed by atoms with Gasteiger partial charge in [-0.2, -0.15) is 0 Å². The molecule has 7 heteroatoms. The van der Waals surface area contributed by atoms with E-state index >= 15 is 0 Å². The van der Waals surface area contributed by atoms with Gasteiger partial charge in [-0.1, -0.05) is 0 Å². The molecular weight excluding hydrogens is 224 g/mol. The number of hydrogen-bond donors (Lipinski definition) is 1. The topological polar surface area (TPSA) is 94.0 Å². The molecule has 0 bridgehead atoms. The molecule has 1 aliphatic rings. The van der Waals surface area contributed by atoms with E-state index in [1.165, 1.54) is 6.26 Å². The van der Waals surface area contributed by atoms with E-state index in [9.17, 15) is 4.79 Å². The van der Waals surface area contributed by atoms with Crippen LogP contribution in [0.4, 0.5) is 0 Å². The molecule has 1 saturated carbocycles. The zero-order chi connectivity index (χ0) is 11.8. The molecule has 0 aliphatic heterocycles. The number of aliphatic carboxylic acids is 1. The molecule has 1 fully saturated rings. The van der Waals surface area contributed by atoms with Gasteiger partial charge in [0.25, 0.3) is 0 Å². The summed E-state index contributed by atoms with van der Waals surface area (Å²) in [7, 11) is 0. The fraction of sp³-hybridized carbons (Fsp3) is 0.400. The lowest BCUT2D eigenvalue weighted by Crippen LogP contribution is -2.23. The molecule has 0 spiro atoms. The van der Waals surface area contributed by atoms with Crippen LogP contribution >= 0.6 is 0 Å². The molecule has 2 heterocycles. The van der Waals surface area contributed by atoms with E-state index in [1.807, 2.05) is 0 Å². The monoisotopic (exact) mass is 234 g/mol. The molecule has 1 N–H and O–H groups in total. The first kappa shape index (κ1) is 10.0. The summed E-state index contributed by atoms with van der Waals surface area (Å²) in [5.41, 5.74) is 0. The minimum Gasteiger partial charge on any atom is -0.480 e. The highest BCUT2D eigenvalue weighted by Crippen LogP contribution is 2.39. The molecule has 1 atom stereocenters. The molecule has 1 aliphatic carbocycles. The first-order chi connectivity index (χ1) is 8.25. The van der Waals surface area contributed by atoms with Gasteiger partial charge in [0.15, 0.2) is 11.8 Å². The Hall–Kier alpha value is -2.18. The maximum atomic E-state index is 11.1. The van der Waals surface area contributed by atoms with E-state index < -0.39 is 12.0 Å². The van der Waals surface area contributed by atoms with Crippen molar-refractivity contribution in [1.82, 2.24) is 20.2 Å². The van der Waals surface area contributed by atoms with Crippen LogP contribution in [-0.2, 0) is 4.79 Å². The van der Waals surface area contributed by atoms with E-state index in [0.29, 0.717) is 11.6 Å². The highest BCUT2D eigenvalue weighted by Gasteiger charge is 2.39. The number of hydrogen-bond acceptors (Lipinski definition) is 5. The standard InChI is InChI=1S/C10H10N4O3/c15-10(16)8(6-3-4-6)14-12-9(11-13-14)7-2-1-5-17-7/h1-2,5-6,8H,3-4H2,(H,15,16). The normalized spacial score (nSPS) is 16.9. The van der Waals surface area contributed by atoms with Gasteiger partial charge < -0.3 is 9.52 Å². The van der Waals surface area contributed by atoms with Gasteiger partial charge in [-0.15, -0.1) is 15.0 Å². The van der Waals surface area contributed by atoms with Gasteiger partial charge in [0.2, 0.25) is 5.82 Å². The second kappa shape index (κ2) is 3.69. The van der Waals surface area contributed by atoms with Crippen molar-refractivity contribution in [2.45, 2.75) is 18.9 Å². The van der Waals surface area contributed by atoms with Crippen LogP contribution in [0.25, 0.3) is 11.6 Å². The van der Waals surface area contributed by atoms with Crippen molar-refractivity contribution in [3.8, 4) is 11.6 Å². The Labute approximate surface area is 96.0 Å². The number of nitrogens with zero attached hydrogens (tertiary/aromatic N) is 4. The van der Waals surface area contributed by atoms with Crippen molar-refractivity contribution in [3.05, 3.63) is 18.4 Å². The van der Waals surface area contributed by atoms with E-state index in [1.54, 1.807) is 12.1 Å². The summed E-state index contributed by atoms with van der Waals surface area (Å²) in [6.45, 7) is 0. The van der Waals surface area contributed by atoms with Crippen LogP contribution in [0.2, 0.25) is 0 Å². The largest absolute Gasteiger partial charge is 0.480 e. The van der Waals surface area contributed by atoms with Crippen LogP contribution in [0.1, 0.15) is 18.9 Å². The molecule has 0 amide bonds. The SMILES string of the molecule is O=C(O)C(C1CC1)n1nnc(-c2ccco2)n1. The summed E-state index contributed by atoms with van der Waals surface area (Å²) in [5, 5.41) is 20.8. The first-order valence-electron chi connectivity index (χ1n) is 5.32. The lowest BCUT2D eigenvalue weighted by molar-refractivity contribution is -0.142. The number of rotatable bonds is 4. The van der Waals surface area contributed by atoms with Gasteiger partial charge in [0, 0.05) is 0 Å². The Morgan fingerprint density at radius 1 is 1.59 bits per heavy atom. The average molecular weight is 234 g/mol. The number of tetrazole rings is 1. The van der Waals surface area contributed by atoms with Gasteiger partial charge in [-0.05, 0) is 36.1 Å². The molecule has 0 saturated heterocycles. The van der Waals surface area contributed by atoms with Gasteiger partial charge in [0.1, 0.15) is 0 Å². The highest BCUT2D eigenvalue weighted by atomic mass is 16.4. The Kier molecular flexibility index (Phi) is 2.17. The molecule has 2 aromatic rings. The number of carbonyl (C=O) groups is 1. The van der Waals surface area contributed by atoms with Gasteiger partial charge >= 0.3 is 5.97 Å². The molecule has 2 aromatic heterocycles. The van der Waals surface area contributed by atoms with Crippen molar-refractivity contribution in [2.24, 2.45) is 5.92 Å². The Morgan fingerprint density at radius 3 is 3.00 bits per heavy atom. The lowest BCUT2D eigenvalue weighted by Gasteiger charge is -2.07. The summed E-state index contributed by atoms with van der Waals surface area (Å²) >= 11 is 0. The zero-order valence-corrected chi connectivity index (χ0v) is 8.85. The molecule has 88 valence electrons. The predicted octanol–water partition coefficient (Wildman–Crippen LogP) is 0.969. The Bertz CT molecular complexity index is 530. The number of carboxylic acids is 1. The third-order valence-electron chi connectivity index (χ3n) is 2.74. The number of aromatic nitrogens is 4. The van der Waals surface area contributed by atoms with Crippen LogP contribution in [0.3, 0.4) is 0 Å². The first-order valence-corrected chi connectivity index (χ1v) is 5.32. The summed E-state index contributed by atoms with van der Waals surface area (Å²) in [5.74, 6) is -0.0138. The maximum Gasteiger partial charge on any atom is 0.330 e. The molecule has 3 rings (SSSR count). The van der Waals surface area contributed by atoms with Crippen molar-refractivity contribution in [3.63, 3.8) is 0 Å². The van der Waals surface area contributed by atoms with Gasteiger partial charge in [-0.3, -0.25) is 0 Å². The maximum absolute atomic E-state index is 11.1. The van der Waals surface area contributed by atoms with E-state index in [2.05, 4.69) is 15.4 Å². The van der Waals surface area contributed by atoms with Crippen LogP contribution in [0.15, 0.2) is 22.8 Å². The van der Waals surface area contributed by atoms with E-state index in [0.717, 1.165) is 17.6 Å². The molecule has 0 aromatic carbocycles. The Balaban J connectivity index is 1.91. The molecule has 0 radical (unpaired) electrons. The quantitative estimate of drug-likeness (QED) is 0.846. The van der Waals surface area contributed by atoms with Crippen LogP contribution in [0, 0.1) is 5.92 Å². The summed E-state index contributed by atoms with van der Waals surface area (Å²) in [6, 6.07) is 2.70. The molecule has 1 unspecified atom stereocenters. The lowest BCUT2D eigenvalue weighted by atomic mass is 10.2. The third kappa shape index (κ3) is 1.79. The van der Waals surface area contributed by atoms with E-state index in [-0.39, 0.29) is 5.92 Å². The van der Waals surface area contributed by atoms with Gasteiger partial charge in [0.05, 0.1) is 6.26 Å². The van der Waals surface area contributed by atoms with Crippen molar-refractivity contribution >= 4 is 5.97 Å². The number of furan rings is 1. The van der Waals surface area contributed by atoms with Crippen LogP contribution in [-0.4, -0.2) is 31.3 Å². The smallest absolute Gasteiger partial charge is 0.330 e. The minimum absolute atomic E-state index is 0.117. The van der Waals surface area contributed by atoms with Crippen molar-refractivity contribution < 1.29 is 14.3 Å². The third-order valence-corrected chi connectivity index (χ3v) is 2.74. The second-order valence-electron chi connectivity index (χ2n) is 4.03. The van der Waals surface area contributed by atoms with Crippen LogP contribution < -0.4 is 0 Å². The van der Waals surface area contributed by atoms with Crippen LogP contribution in [0.5, 0.6) is 0 Å². The van der Waals surface area contributed by atoms with Crippen molar-refractivity contribution in [1.29, 1.82) is 0 Å². The van der Waals surface area contributed by atoms with Gasteiger partial charge in [-0.25, -0.2) is 4.79 Å². The fourth-order valence-corrected chi connectivity index (χ4v) is 1.75. The summed E-state index contributed by atoms with van der Waals surface area (Å²) in [4.78, 5) is 12.3. The zero-order valence-electron chi connectivity index (χ0n) is 8.85. The molecule has 7 nitrogen and oxygen atoms in total. The van der Waals surface area contributed by atoms with E-state index in [4.69, 9.17) is 9.52 Å². The molecular formula is C10H10N4O3.